The number of esters is 2. The van der Waals surface area contributed by atoms with E-state index in [-0.39, 0.29) is 29.2 Å². The van der Waals surface area contributed by atoms with Crippen molar-refractivity contribution < 1.29 is 19.1 Å². The van der Waals surface area contributed by atoms with Crippen LogP contribution in [-0.4, -0.2) is 24.1 Å². The van der Waals surface area contributed by atoms with Crippen LogP contribution in [0.4, 0.5) is 0 Å². The highest BCUT2D eigenvalue weighted by Crippen LogP contribution is 2.59. The fourth-order valence-corrected chi connectivity index (χ4v) is 2.24. The molecule has 0 aromatic heterocycles. The summed E-state index contributed by atoms with van der Waals surface area (Å²) < 4.78 is 10.2. The highest BCUT2D eigenvalue weighted by atomic mass is 16.6. The summed E-state index contributed by atoms with van der Waals surface area (Å²) in [7, 11) is 0. The molecule has 0 bridgehead atoms. The highest BCUT2D eigenvalue weighted by molar-refractivity contribution is 5.83. The van der Waals surface area contributed by atoms with E-state index in [9.17, 15) is 9.59 Å². The van der Waals surface area contributed by atoms with Crippen molar-refractivity contribution in [2.75, 3.05) is 6.61 Å². The molecule has 0 N–H and O–H groups in total. The van der Waals surface area contributed by atoms with E-state index in [1.165, 1.54) is 6.08 Å². The standard InChI is InChI=1S/C15H24O4/c1-7-18-13(17)12-10(15(12,5)6)8-9-11(16)19-14(2,3)4/h8-10,12H,7H2,1-6H3/b9-8+. The number of ether oxygens (including phenoxy) is 2. The number of hydrogen-bond donors (Lipinski definition) is 0. The van der Waals surface area contributed by atoms with Crippen molar-refractivity contribution >= 4 is 11.9 Å². The molecule has 0 heterocycles. The molecule has 0 spiro atoms. The van der Waals surface area contributed by atoms with Gasteiger partial charge >= 0.3 is 11.9 Å². The molecular formula is C15H24O4. The van der Waals surface area contributed by atoms with Crippen LogP contribution in [0.3, 0.4) is 0 Å². The smallest absolute Gasteiger partial charge is 0.330 e. The number of carbonyl (C=O) groups is 2. The largest absolute Gasteiger partial charge is 0.466 e. The van der Waals surface area contributed by atoms with Crippen LogP contribution < -0.4 is 0 Å². The van der Waals surface area contributed by atoms with Crippen LogP contribution in [0.15, 0.2) is 12.2 Å². The molecule has 1 fully saturated rings. The lowest BCUT2D eigenvalue weighted by Crippen LogP contribution is -2.22. The molecule has 19 heavy (non-hydrogen) atoms. The molecular weight excluding hydrogens is 244 g/mol. The van der Waals surface area contributed by atoms with Gasteiger partial charge in [0.25, 0.3) is 0 Å². The summed E-state index contributed by atoms with van der Waals surface area (Å²) in [5.41, 5.74) is -0.647. The van der Waals surface area contributed by atoms with Crippen molar-refractivity contribution in [2.45, 2.75) is 47.1 Å². The van der Waals surface area contributed by atoms with Crippen molar-refractivity contribution in [3.8, 4) is 0 Å². The second kappa shape index (κ2) is 5.35. The van der Waals surface area contributed by atoms with Gasteiger partial charge in [0.15, 0.2) is 0 Å². The van der Waals surface area contributed by atoms with Crippen LogP contribution in [0.25, 0.3) is 0 Å². The van der Waals surface area contributed by atoms with E-state index in [0.717, 1.165) is 0 Å². The predicted octanol–water partition coefficient (Wildman–Crippen LogP) is 2.72. The fourth-order valence-electron chi connectivity index (χ4n) is 2.24. The molecule has 0 saturated heterocycles. The van der Waals surface area contributed by atoms with Gasteiger partial charge in [0.2, 0.25) is 0 Å². The SMILES string of the molecule is CCOC(=O)C1C(/C=C/C(=O)OC(C)(C)C)C1(C)C. The van der Waals surface area contributed by atoms with Crippen LogP contribution in [0, 0.1) is 17.3 Å². The van der Waals surface area contributed by atoms with Crippen molar-refractivity contribution in [3.05, 3.63) is 12.2 Å². The Morgan fingerprint density at radius 1 is 1.26 bits per heavy atom. The zero-order valence-electron chi connectivity index (χ0n) is 12.6. The zero-order valence-corrected chi connectivity index (χ0v) is 12.6. The molecule has 1 aliphatic rings. The zero-order chi connectivity index (χ0) is 14.8. The summed E-state index contributed by atoms with van der Waals surface area (Å²) in [6, 6.07) is 0. The molecule has 4 nitrogen and oxygen atoms in total. The Hall–Kier alpha value is -1.32. The molecule has 0 radical (unpaired) electrons. The van der Waals surface area contributed by atoms with Gasteiger partial charge in [-0.3, -0.25) is 4.79 Å². The Morgan fingerprint density at radius 2 is 1.84 bits per heavy atom. The highest BCUT2D eigenvalue weighted by Gasteiger charge is 2.61. The minimum absolute atomic E-state index is 0.0408. The molecule has 2 atom stereocenters. The Labute approximate surface area is 115 Å². The van der Waals surface area contributed by atoms with Crippen LogP contribution in [0.5, 0.6) is 0 Å². The van der Waals surface area contributed by atoms with Gasteiger partial charge in [-0.25, -0.2) is 4.79 Å². The summed E-state index contributed by atoms with van der Waals surface area (Å²) in [5.74, 6) is -0.686. The second-order valence-corrected chi connectivity index (χ2v) is 6.47. The molecule has 1 saturated carbocycles. The van der Waals surface area contributed by atoms with Gasteiger partial charge in [-0.15, -0.1) is 0 Å². The van der Waals surface area contributed by atoms with Gasteiger partial charge in [-0.2, -0.15) is 0 Å². The molecule has 1 rings (SSSR count). The predicted molar refractivity (Wildman–Crippen MR) is 72.4 cm³/mol. The average molecular weight is 268 g/mol. The van der Waals surface area contributed by atoms with E-state index in [2.05, 4.69) is 0 Å². The summed E-state index contributed by atoms with van der Waals surface area (Å²) in [6.07, 6.45) is 3.17. The van der Waals surface area contributed by atoms with Gasteiger partial charge in [0.1, 0.15) is 5.60 Å². The van der Waals surface area contributed by atoms with Crippen LogP contribution in [0.2, 0.25) is 0 Å². The third kappa shape index (κ3) is 4.08. The van der Waals surface area contributed by atoms with Gasteiger partial charge in [-0.1, -0.05) is 19.9 Å². The maximum absolute atomic E-state index is 11.7. The first-order valence-corrected chi connectivity index (χ1v) is 6.67. The van der Waals surface area contributed by atoms with E-state index in [1.807, 2.05) is 34.6 Å². The fraction of sp³-hybridized carbons (Fsp3) is 0.733. The molecule has 2 unspecified atom stereocenters. The minimum Gasteiger partial charge on any atom is -0.466 e. The molecule has 1 aliphatic carbocycles. The van der Waals surface area contributed by atoms with Crippen LogP contribution in [0.1, 0.15) is 41.5 Å². The summed E-state index contributed by atoms with van der Waals surface area (Å²) >= 11 is 0. The van der Waals surface area contributed by atoms with Crippen molar-refractivity contribution in [1.29, 1.82) is 0 Å². The maximum Gasteiger partial charge on any atom is 0.330 e. The molecule has 0 aliphatic heterocycles. The quantitative estimate of drug-likeness (QED) is 0.581. The van der Waals surface area contributed by atoms with Crippen molar-refractivity contribution in [2.24, 2.45) is 17.3 Å². The van der Waals surface area contributed by atoms with Crippen LogP contribution in [-0.2, 0) is 19.1 Å². The maximum atomic E-state index is 11.7. The Kier molecular flexibility index (Phi) is 4.43. The van der Waals surface area contributed by atoms with Gasteiger partial charge in [0.05, 0.1) is 12.5 Å². The normalized spacial score (nSPS) is 25.2. The molecule has 0 amide bonds. The van der Waals surface area contributed by atoms with E-state index < -0.39 is 5.60 Å². The molecule has 0 aromatic carbocycles. The molecule has 0 aromatic rings. The van der Waals surface area contributed by atoms with E-state index >= 15 is 0 Å². The summed E-state index contributed by atoms with van der Waals surface area (Å²) in [4.78, 5) is 23.3. The lowest BCUT2D eigenvalue weighted by molar-refractivity contribution is -0.149. The number of hydrogen-bond acceptors (Lipinski definition) is 4. The Morgan fingerprint density at radius 3 is 2.32 bits per heavy atom. The third-order valence-electron chi connectivity index (χ3n) is 3.30. The number of allylic oxidation sites excluding steroid dienone is 1. The Bertz CT molecular complexity index is 387. The van der Waals surface area contributed by atoms with Gasteiger partial charge < -0.3 is 9.47 Å². The number of carbonyl (C=O) groups excluding carboxylic acids is 2. The van der Waals surface area contributed by atoms with E-state index in [4.69, 9.17) is 9.47 Å². The van der Waals surface area contributed by atoms with E-state index in [0.29, 0.717) is 6.61 Å². The molecule has 4 heteroatoms. The first-order valence-electron chi connectivity index (χ1n) is 6.67. The van der Waals surface area contributed by atoms with Gasteiger partial charge in [0, 0.05) is 6.08 Å². The second-order valence-electron chi connectivity index (χ2n) is 6.47. The summed E-state index contributed by atoms with van der Waals surface area (Å²) in [5, 5.41) is 0. The van der Waals surface area contributed by atoms with Crippen molar-refractivity contribution in [3.63, 3.8) is 0 Å². The minimum atomic E-state index is -0.499. The lowest BCUT2D eigenvalue weighted by Gasteiger charge is -2.17. The van der Waals surface area contributed by atoms with E-state index in [1.54, 1.807) is 13.0 Å². The topological polar surface area (TPSA) is 52.6 Å². The summed E-state index contributed by atoms with van der Waals surface area (Å²) in [6.45, 7) is 11.6. The molecule has 108 valence electrons. The first kappa shape index (κ1) is 15.7. The van der Waals surface area contributed by atoms with Gasteiger partial charge in [-0.05, 0) is 39.0 Å². The lowest BCUT2D eigenvalue weighted by atomic mass is 10.1. The van der Waals surface area contributed by atoms with Crippen molar-refractivity contribution in [1.82, 2.24) is 0 Å². The third-order valence-corrected chi connectivity index (χ3v) is 3.30. The number of rotatable bonds is 4. The monoisotopic (exact) mass is 268 g/mol. The van der Waals surface area contributed by atoms with Crippen LogP contribution >= 0.6 is 0 Å². The Balaban J connectivity index is 2.59. The average Bonchev–Trinajstić information content (AvgIpc) is 2.75. The first-order chi connectivity index (χ1) is 8.59.